The van der Waals surface area contributed by atoms with Gasteiger partial charge in [0.05, 0.1) is 18.1 Å². The molecule has 0 aliphatic heterocycles. The van der Waals surface area contributed by atoms with Crippen molar-refractivity contribution in [2.75, 3.05) is 0 Å². The molecular formula is C16H17LiN3O2S+. The molecule has 0 fully saturated rings. The molecule has 114 valence electrons. The summed E-state index contributed by atoms with van der Waals surface area (Å²) in [5.74, 6) is 0.386. The molecule has 0 saturated heterocycles. The van der Waals surface area contributed by atoms with Crippen LogP contribution in [0.5, 0.6) is 0 Å². The van der Waals surface area contributed by atoms with Crippen LogP contribution in [0, 0.1) is 39.9 Å². The standard InChI is InChI=1S/C16H17N3O2S.Li/c1-3-13(8-12(2)9-17)14-4-6-16(7-5-14)22-21-20-15(10-18)11-19;/h4-7,12-13,15H,3,8H2,1-2H3;/q;+1. The summed E-state index contributed by atoms with van der Waals surface area (Å²) in [6.45, 7) is 4.04. The van der Waals surface area contributed by atoms with E-state index in [2.05, 4.69) is 17.9 Å². The second-order valence-corrected chi connectivity index (χ2v) is 5.60. The van der Waals surface area contributed by atoms with Crippen molar-refractivity contribution in [1.29, 1.82) is 15.8 Å². The van der Waals surface area contributed by atoms with Crippen LogP contribution in [0.4, 0.5) is 0 Å². The monoisotopic (exact) mass is 322 g/mol. The topological polar surface area (TPSA) is 89.8 Å². The van der Waals surface area contributed by atoms with E-state index in [1.807, 2.05) is 31.2 Å². The van der Waals surface area contributed by atoms with E-state index in [4.69, 9.17) is 20.1 Å². The molecule has 1 aromatic rings. The predicted molar refractivity (Wildman–Crippen MR) is 81.9 cm³/mol. The Morgan fingerprint density at radius 2 is 1.70 bits per heavy atom. The van der Waals surface area contributed by atoms with Crippen LogP contribution < -0.4 is 18.9 Å². The Bertz CT molecular complexity index is 575. The van der Waals surface area contributed by atoms with Crippen molar-refractivity contribution >= 4 is 12.0 Å². The minimum absolute atomic E-state index is 0. The maximum atomic E-state index is 8.92. The van der Waals surface area contributed by atoms with Gasteiger partial charge in [0.2, 0.25) is 0 Å². The van der Waals surface area contributed by atoms with Gasteiger partial charge < -0.3 is 0 Å². The smallest absolute Gasteiger partial charge is 0.198 e. The van der Waals surface area contributed by atoms with E-state index in [0.29, 0.717) is 5.92 Å². The molecule has 0 aromatic heterocycles. The van der Waals surface area contributed by atoms with Crippen molar-refractivity contribution in [1.82, 2.24) is 0 Å². The number of nitriles is 3. The van der Waals surface area contributed by atoms with E-state index in [-0.39, 0.29) is 24.8 Å². The van der Waals surface area contributed by atoms with Gasteiger partial charge in [-0.1, -0.05) is 19.1 Å². The van der Waals surface area contributed by atoms with Crippen LogP contribution in [0.25, 0.3) is 0 Å². The minimum atomic E-state index is -1.23. The van der Waals surface area contributed by atoms with E-state index in [1.54, 1.807) is 12.1 Å². The number of hydrogen-bond donors (Lipinski definition) is 0. The van der Waals surface area contributed by atoms with Gasteiger partial charge in [-0.2, -0.15) is 25.0 Å². The zero-order valence-corrected chi connectivity index (χ0v) is 14.3. The summed E-state index contributed by atoms with van der Waals surface area (Å²) in [7, 11) is 0. The van der Waals surface area contributed by atoms with Crippen molar-refractivity contribution < 1.29 is 28.1 Å². The van der Waals surface area contributed by atoms with Crippen molar-refractivity contribution in [3.63, 3.8) is 0 Å². The fourth-order valence-corrected chi connectivity index (χ4v) is 2.43. The van der Waals surface area contributed by atoms with E-state index in [1.165, 1.54) is 5.56 Å². The summed E-state index contributed by atoms with van der Waals surface area (Å²) in [4.78, 5) is 5.42. The van der Waals surface area contributed by atoms with Gasteiger partial charge in [0.25, 0.3) is 6.10 Å². The molecule has 1 aromatic carbocycles. The zero-order valence-electron chi connectivity index (χ0n) is 13.5. The molecule has 5 nitrogen and oxygen atoms in total. The fourth-order valence-electron chi connectivity index (χ4n) is 1.98. The number of rotatable bonds is 8. The first-order chi connectivity index (χ1) is 10.6. The molecule has 0 amide bonds. The molecule has 2 unspecified atom stereocenters. The van der Waals surface area contributed by atoms with Gasteiger partial charge in [-0.15, -0.1) is 0 Å². The number of nitrogens with zero attached hydrogens (tertiary/aromatic N) is 3. The third kappa shape index (κ3) is 7.58. The third-order valence-electron chi connectivity index (χ3n) is 3.20. The second-order valence-electron chi connectivity index (χ2n) is 4.83. The van der Waals surface area contributed by atoms with Crippen LogP contribution in [0.3, 0.4) is 0 Å². The van der Waals surface area contributed by atoms with E-state index < -0.39 is 6.10 Å². The van der Waals surface area contributed by atoms with Crippen LogP contribution in [-0.2, 0) is 9.22 Å². The van der Waals surface area contributed by atoms with Gasteiger partial charge >= 0.3 is 18.9 Å². The van der Waals surface area contributed by atoms with Gasteiger partial charge in [0.15, 0.2) is 0 Å². The molecular weight excluding hydrogens is 305 g/mol. The molecule has 0 spiro atoms. The van der Waals surface area contributed by atoms with Crippen LogP contribution in [0.2, 0.25) is 0 Å². The normalized spacial score (nSPS) is 12.3. The Kier molecular flexibility index (Phi) is 11.3. The SMILES string of the molecule is CCC(CC(C)C#N)c1ccc(SOOC(C#N)C#N)cc1.[Li+]. The maximum absolute atomic E-state index is 8.92. The molecule has 7 heteroatoms. The number of hydrogen-bond acceptors (Lipinski definition) is 6. The second kappa shape index (κ2) is 12.0. The van der Waals surface area contributed by atoms with Crippen molar-refractivity contribution in [3.05, 3.63) is 29.8 Å². The first kappa shape index (κ1) is 21.6. The van der Waals surface area contributed by atoms with Gasteiger partial charge in [0.1, 0.15) is 12.1 Å². The molecule has 0 radical (unpaired) electrons. The summed E-state index contributed by atoms with van der Waals surface area (Å²) in [6.07, 6.45) is 0.582. The summed E-state index contributed by atoms with van der Waals surface area (Å²) >= 11 is 0.949. The Morgan fingerprint density at radius 3 is 2.17 bits per heavy atom. The first-order valence-electron chi connectivity index (χ1n) is 6.93. The molecule has 1 rings (SSSR count). The van der Waals surface area contributed by atoms with Crippen LogP contribution in [0.1, 0.15) is 38.2 Å². The van der Waals surface area contributed by atoms with E-state index >= 15 is 0 Å². The van der Waals surface area contributed by atoms with Gasteiger partial charge in [-0.05, 0) is 43.4 Å². The summed E-state index contributed by atoms with van der Waals surface area (Å²) in [6, 6.07) is 13.3. The largest absolute Gasteiger partial charge is 1.00 e. The van der Waals surface area contributed by atoms with E-state index in [9.17, 15) is 0 Å². The van der Waals surface area contributed by atoms with Crippen molar-refractivity contribution in [2.24, 2.45) is 5.92 Å². The zero-order chi connectivity index (χ0) is 16.4. The molecule has 2 atom stereocenters. The quantitative estimate of drug-likeness (QED) is 0.308. The van der Waals surface area contributed by atoms with Gasteiger partial charge in [-0.25, -0.2) is 0 Å². The Balaban J connectivity index is 0.00000484. The van der Waals surface area contributed by atoms with Crippen molar-refractivity contribution in [2.45, 2.75) is 43.6 Å². The molecule has 0 aliphatic rings. The fraction of sp³-hybridized carbons (Fsp3) is 0.438. The Labute approximate surface area is 153 Å². The molecule has 0 saturated carbocycles. The summed E-state index contributed by atoms with van der Waals surface area (Å²) < 4.78 is 4.80. The number of benzene rings is 1. The third-order valence-corrected chi connectivity index (χ3v) is 3.81. The van der Waals surface area contributed by atoms with Gasteiger partial charge in [-0.3, -0.25) is 0 Å². The van der Waals surface area contributed by atoms with E-state index in [0.717, 1.165) is 29.8 Å². The first-order valence-corrected chi connectivity index (χ1v) is 7.67. The molecule has 0 aliphatic carbocycles. The average Bonchev–Trinajstić information content (AvgIpc) is 2.57. The Hall–Kier alpha value is -1.44. The Morgan fingerprint density at radius 1 is 1.09 bits per heavy atom. The van der Waals surface area contributed by atoms with Crippen molar-refractivity contribution in [3.8, 4) is 18.2 Å². The van der Waals surface area contributed by atoms with Crippen LogP contribution in [-0.4, -0.2) is 6.10 Å². The molecule has 0 bridgehead atoms. The average molecular weight is 322 g/mol. The summed E-state index contributed by atoms with van der Waals surface area (Å²) in [5, 5.41) is 26.0. The van der Waals surface area contributed by atoms with Crippen LogP contribution in [0.15, 0.2) is 29.2 Å². The molecule has 0 N–H and O–H groups in total. The molecule has 23 heavy (non-hydrogen) atoms. The van der Waals surface area contributed by atoms with Crippen LogP contribution >= 0.6 is 12.0 Å². The predicted octanol–water partition coefficient (Wildman–Crippen LogP) is 1.11. The van der Waals surface area contributed by atoms with Gasteiger partial charge in [0, 0.05) is 10.8 Å². The maximum Gasteiger partial charge on any atom is 1.00 e. The summed E-state index contributed by atoms with van der Waals surface area (Å²) in [5.41, 5.74) is 1.18. The molecule has 0 heterocycles. The minimum Gasteiger partial charge on any atom is -0.198 e.